The molecule has 2 rings (SSSR count). The molecule has 2 aromatic heterocycles. The summed E-state index contributed by atoms with van der Waals surface area (Å²) >= 11 is 0. The number of rotatable bonds is 1. The highest BCUT2D eigenvalue weighted by atomic mass is 16.5. The summed E-state index contributed by atoms with van der Waals surface area (Å²) in [5, 5.41) is 3.94. The van der Waals surface area contributed by atoms with Gasteiger partial charge in [-0.25, -0.2) is 0 Å². The highest BCUT2D eigenvalue weighted by Crippen LogP contribution is 2.23. The van der Waals surface area contributed by atoms with E-state index in [2.05, 4.69) is 15.1 Å². The first-order valence-electron chi connectivity index (χ1n) is 5.02. The van der Waals surface area contributed by atoms with Crippen LogP contribution in [0.5, 0.6) is 0 Å². The normalized spacial score (nSPS) is 11.7. The van der Waals surface area contributed by atoms with E-state index in [1.54, 1.807) is 18.5 Å². The van der Waals surface area contributed by atoms with Crippen LogP contribution in [0.2, 0.25) is 0 Å². The fourth-order valence-electron chi connectivity index (χ4n) is 1.22. The molecule has 0 aliphatic heterocycles. The van der Waals surface area contributed by atoms with Crippen molar-refractivity contribution in [2.24, 2.45) is 0 Å². The van der Waals surface area contributed by atoms with E-state index in [0.717, 1.165) is 5.56 Å². The maximum atomic E-state index is 5.64. The van der Waals surface area contributed by atoms with Crippen molar-refractivity contribution in [1.29, 1.82) is 0 Å². The number of nitrogens with two attached hydrogens (primary N) is 1. The van der Waals surface area contributed by atoms with Crippen LogP contribution in [0.15, 0.2) is 23.0 Å². The van der Waals surface area contributed by atoms with Crippen LogP contribution in [0.4, 0.5) is 5.69 Å². The minimum Gasteiger partial charge on any atom is -0.397 e. The fourth-order valence-corrected chi connectivity index (χ4v) is 1.22. The van der Waals surface area contributed by atoms with Gasteiger partial charge in [0.25, 0.3) is 5.89 Å². The molecule has 0 bridgehead atoms. The Kier molecular flexibility index (Phi) is 2.38. The van der Waals surface area contributed by atoms with E-state index in [1.807, 2.05) is 20.8 Å². The second kappa shape index (κ2) is 3.59. The molecule has 0 saturated heterocycles. The molecule has 0 amide bonds. The van der Waals surface area contributed by atoms with Crippen LogP contribution in [0, 0.1) is 0 Å². The van der Waals surface area contributed by atoms with Crippen LogP contribution < -0.4 is 5.73 Å². The van der Waals surface area contributed by atoms with E-state index in [-0.39, 0.29) is 5.41 Å². The highest BCUT2D eigenvalue weighted by Gasteiger charge is 2.21. The number of nitrogen functional groups attached to an aromatic ring is 1. The first-order valence-corrected chi connectivity index (χ1v) is 5.02. The predicted molar refractivity (Wildman–Crippen MR) is 60.6 cm³/mol. The second-order valence-corrected chi connectivity index (χ2v) is 4.68. The van der Waals surface area contributed by atoms with Crippen molar-refractivity contribution in [3.63, 3.8) is 0 Å². The van der Waals surface area contributed by atoms with Crippen molar-refractivity contribution < 1.29 is 4.52 Å². The molecule has 0 aliphatic rings. The monoisotopic (exact) mass is 218 g/mol. The Labute approximate surface area is 93.7 Å². The minimum absolute atomic E-state index is 0.129. The Morgan fingerprint density at radius 3 is 2.56 bits per heavy atom. The van der Waals surface area contributed by atoms with E-state index in [1.165, 1.54) is 0 Å². The Morgan fingerprint density at radius 1 is 1.25 bits per heavy atom. The lowest BCUT2D eigenvalue weighted by atomic mass is 9.96. The lowest BCUT2D eigenvalue weighted by Gasteiger charge is -2.10. The largest absolute Gasteiger partial charge is 0.397 e. The van der Waals surface area contributed by atoms with Gasteiger partial charge in [-0.3, -0.25) is 4.98 Å². The molecule has 0 unspecified atom stereocenters. The van der Waals surface area contributed by atoms with E-state index < -0.39 is 0 Å². The van der Waals surface area contributed by atoms with Crippen LogP contribution in [0.3, 0.4) is 0 Å². The molecule has 0 fully saturated rings. The van der Waals surface area contributed by atoms with Gasteiger partial charge in [-0.2, -0.15) is 4.98 Å². The number of aromatic nitrogens is 3. The second-order valence-electron chi connectivity index (χ2n) is 4.68. The van der Waals surface area contributed by atoms with Crippen molar-refractivity contribution in [2.75, 3.05) is 5.73 Å². The van der Waals surface area contributed by atoms with Crippen molar-refractivity contribution >= 4 is 5.69 Å². The van der Waals surface area contributed by atoms with Gasteiger partial charge in [0.1, 0.15) is 0 Å². The predicted octanol–water partition coefficient (Wildman–Crippen LogP) is 2.01. The van der Waals surface area contributed by atoms with Crippen LogP contribution in [0.1, 0.15) is 26.6 Å². The average Bonchev–Trinajstić information content (AvgIpc) is 2.65. The van der Waals surface area contributed by atoms with Gasteiger partial charge in [-0.1, -0.05) is 25.9 Å². The average molecular weight is 218 g/mol. The molecule has 16 heavy (non-hydrogen) atoms. The molecular weight excluding hydrogens is 204 g/mol. The van der Waals surface area contributed by atoms with E-state index in [4.69, 9.17) is 10.3 Å². The van der Waals surface area contributed by atoms with E-state index >= 15 is 0 Å². The third-order valence-corrected chi connectivity index (χ3v) is 2.10. The van der Waals surface area contributed by atoms with Crippen molar-refractivity contribution in [3.05, 3.63) is 24.3 Å². The summed E-state index contributed by atoms with van der Waals surface area (Å²) in [6.07, 6.45) is 3.22. The van der Waals surface area contributed by atoms with Crippen LogP contribution in [0.25, 0.3) is 11.5 Å². The van der Waals surface area contributed by atoms with Gasteiger partial charge in [0.2, 0.25) is 0 Å². The number of pyridine rings is 1. The molecule has 0 radical (unpaired) electrons. The molecule has 0 atom stereocenters. The maximum Gasteiger partial charge on any atom is 0.259 e. The first kappa shape index (κ1) is 10.6. The van der Waals surface area contributed by atoms with Gasteiger partial charge in [-0.05, 0) is 6.07 Å². The third-order valence-electron chi connectivity index (χ3n) is 2.10. The quantitative estimate of drug-likeness (QED) is 0.792. The Morgan fingerprint density at radius 2 is 2.00 bits per heavy atom. The summed E-state index contributed by atoms with van der Waals surface area (Å²) < 4.78 is 5.18. The van der Waals surface area contributed by atoms with Crippen molar-refractivity contribution in [2.45, 2.75) is 26.2 Å². The molecule has 0 saturated carbocycles. The standard InChI is InChI=1S/C11H14N4O/c1-11(2,3)10-14-9(16-15-10)7-4-8(12)6-13-5-7/h4-6H,12H2,1-3H3. The Balaban J connectivity index is 2.39. The number of hydrogen-bond acceptors (Lipinski definition) is 5. The number of hydrogen-bond donors (Lipinski definition) is 1. The molecule has 2 N–H and O–H groups in total. The van der Waals surface area contributed by atoms with Crippen LogP contribution in [-0.2, 0) is 5.41 Å². The lowest BCUT2D eigenvalue weighted by molar-refractivity contribution is 0.402. The van der Waals surface area contributed by atoms with Gasteiger partial charge in [0, 0.05) is 17.8 Å². The topological polar surface area (TPSA) is 77.8 Å². The van der Waals surface area contributed by atoms with E-state index in [0.29, 0.717) is 17.4 Å². The van der Waals surface area contributed by atoms with Crippen LogP contribution >= 0.6 is 0 Å². The molecular formula is C11H14N4O. The zero-order valence-corrected chi connectivity index (χ0v) is 9.56. The minimum atomic E-state index is -0.129. The SMILES string of the molecule is CC(C)(C)c1noc(-c2cncc(N)c2)n1. The van der Waals surface area contributed by atoms with Gasteiger partial charge in [0.05, 0.1) is 11.3 Å². The van der Waals surface area contributed by atoms with Gasteiger partial charge >= 0.3 is 0 Å². The Bertz CT molecular complexity index is 499. The summed E-state index contributed by atoms with van der Waals surface area (Å²) in [7, 11) is 0. The zero-order valence-electron chi connectivity index (χ0n) is 9.56. The summed E-state index contributed by atoms with van der Waals surface area (Å²) in [6.45, 7) is 6.08. The third kappa shape index (κ3) is 2.03. The summed E-state index contributed by atoms with van der Waals surface area (Å²) in [5.41, 5.74) is 6.82. The van der Waals surface area contributed by atoms with Gasteiger partial charge in [0.15, 0.2) is 5.82 Å². The molecule has 5 nitrogen and oxygen atoms in total. The first-order chi connectivity index (χ1) is 7.47. The smallest absolute Gasteiger partial charge is 0.259 e. The molecule has 2 aromatic rings. The zero-order chi connectivity index (χ0) is 11.8. The molecule has 0 aliphatic carbocycles. The fraction of sp³-hybridized carbons (Fsp3) is 0.364. The molecule has 0 spiro atoms. The number of nitrogens with zero attached hydrogens (tertiary/aromatic N) is 3. The summed E-state index contributed by atoms with van der Waals surface area (Å²) in [4.78, 5) is 8.30. The number of anilines is 1. The van der Waals surface area contributed by atoms with Gasteiger partial charge < -0.3 is 10.3 Å². The van der Waals surface area contributed by atoms with Crippen molar-refractivity contribution in [3.8, 4) is 11.5 Å². The molecule has 84 valence electrons. The molecule has 0 aromatic carbocycles. The summed E-state index contributed by atoms with van der Waals surface area (Å²) in [5.74, 6) is 1.12. The van der Waals surface area contributed by atoms with Crippen LogP contribution in [-0.4, -0.2) is 15.1 Å². The van der Waals surface area contributed by atoms with E-state index in [9.17, 15) is 0 Å². The Hall–Kier alpha value is -1.91. The highest BCUT2D eigenvalue weighted by molar-refractivity contribution is 5.57. The maximum absolute atomic E-state index is 5.64. The van der Waals surface area contributed by atoms with Gasteiger partial charge in [-0.15, -0.1) is 0 Å². The summed E-state index contributed by atoms with van der Waals surface area (Å²) in [6, 6.07) is 1.76. The van der Waals surface area contributed by atoms with Crippen molar-refractivity contribution in [1.82, 2.24) is 15.1 Å². The molecule has 2 heterocycles. The lowest BCUT2D eigenvalue weighted by Crippen LogP contribution is -2.13. The molecule has 5 heteroatoms.